The highest BCUT2D eigenvalue weighted by atomic mass is 32.2. The summed E-state index contributed by atoms with van der Waals surface area (Å²) < 4.78 is 91.7. The lowest BCUT2D eigenvalue weighted by atomic mass is 10.1. The molecule has 45 heavy (non-hydrogen) atoms. The number of carbonyl (C=O) groups is 1. The fourth-order valence-electron chi connectivity index (χ4n) is 4.15. The van der Waals surface area contributed by atoms with Crippen LogP contribution in [0.3, 0.4) is 0 Å². The number of carbonyl (C=O) groups excluding carboxylic acids is 1. The van der Waals surface area contributed by atoms with Crippen molar-refractivity contribution in [1.29, 1.82) is 0 Å². The summed E-state index contributed by atoms with van der Waals surface area (Å²) in [6.07, 6.45) is -4.90. The van der Waals surface area contributed by atoms with Gasteiger partial charge in [-0.2, -0.15) is 0 Å². The summed E-state index contributed by atoms with van der Waals surface area (Å²) >= 11 is 1.67. The first-order chi connectivity index (χ1) is 21.2. The van der Waals surface area contributed by atoms with E-state index < -0.39 is 38.1 Å². The van der Waals surface area contributed by atoms with Gasteiger partial charge in [-0.25, -0.2) is 26.7 Å². The average molecular weight is 680 g/mol. The summed E-state index contributed by atoms with van der Waals surface area (Å²) in [4.78, 5) is 15.6. The van der Waals surface area contributed by atoms with Crippen LogP contribution in [0.4, 0.5) is 13.2 Å². The van der Waals surface area contributed by atoms with Crippen LogP contribution in [0, 0.1) is 0 Å². The molecule has 0 saturated carbocycles. The number of hydrogen-bond acceptors (Lipinski definition) is 8. The van der Waals surface area contributed by atoms with Crippen molar-refractivity contribution in [3.63, 3.8) is 0 Å². The van der Waals surface area contributed by atoms with E-state index in [-0.39, 0.29) is 15.4 Å². The highest BCUT2D eigenvalue weighted by Crippen LogP contribution is 2.23. The standard InChI is InChI=1S/C30H28F3N3O6S3/c31-30(32,33)42-25-12-10-24(11-13-25)29(37)35-45(40,41)28-16-8-23(9-17-28)21-36(18-19-43-26-4-2-1-3-5-26)20-22-6-14-27(15-7-22)44(34,38)39/h1-17H,18-21H2,(H,35,37)(H2,34,38,39). The van der Waals surface area contributed by atoms with Crippen molar-refractivity contribution in [1.82, 2.24) is 9.62 Å². The lowest BCUT2D eigenvalue weighted by Gasteiger charge is -2.23. The minimum atomic E-state index is -4.90. The number of thioether (sulfide) groups is 1. The van der Waals surface area contributed by atoms with Gasteiger partial charge in [-0.05, 0) is 71.8 Å². The van der Waals surface area contributed by atoms with Gasteiger partial charge in [-0.3, -0.25) is 9.69 Å². The molecule has 0 unspecified atom stereocenters. The zero-order valence-corrected chi connectivity index (χ0v) is 25.9. The number of primary sulfonamides is 1. The molecule has 4 aromatic rings. The number of halogens is 3. The van der Waals surface area contributed by atoms with Crippen molar-refractivity contribution >= 4 is 37.7 Å². The minimum absolute atomic E-state index is 0.00815. The van der Waals surface area contributed by atoms with Crippen LogP contribution in [-0.4, -0.2) is 46.3 Å². The molecule has 0 aliphatic heterocycles. The van der Waals surface area contributed by atoms with Gasteiger partial charge >= 0.3 is 6.36 Å². The molecular weight excluding hydrogens is 652 g/mol. The number of benzene rings is 4. The maximum absolute atomic E-state index is 12.8. The summed E-state index contributed by atoms with van der Waals surface area (Å²) in [6, 6.07) is 25.9. The molecule has 0 radical (unpaired) electrons. The molecule has 0 aliphatic rings. The van der Waals surface area contributed by atoms with Crippen molar-refractivity contribution < 1.29 is 39.5 Å². The maximum atomic E-state index is 12.8. The summed E-state index contributed by atoms with van der Waals surface area (Å²) in [7, 11) is -8.11. The predicted molar refractivity (Wildman–Crippen MR) is 163 cm³/mol. The van der Waals surface area contributed by atoms with Crippen molar-refractivity contribution in [2.24, 2.45) is 5.14 Å². The monoisotopic (exact) mass is 679 g/mol. The number of nitrogens with zero attached hydrogens (tertiary/aromatic N) is 1. The Balaban J connectivity index is 1.43. The molecule has 1 amide bonds. The molecule has 0 fully saturated rings. The zero-order chi connectivity index (χ0) is 32.7. The third kappa shape index (κ3) is 10.6. The van der Waals surface area contributed by atoms with Crippen LogP contribution in [-0.2, 0) is 33.1 Å². The van der Waals surface area contributed by atoms with Crippen LogP contribution >= 0.6 is 11.8 Å². The van der Waals surface area contributed by atoms with E-state index in [1.165, 1.54) is 24.3 Å². The SMILES string of the molecule is NS(=O)(=O)c1ccc(CN(CCSc2ccccc2)Cc2ccc(S(=O)(=O)NC(=O)c3ccc(OC(F)(F)F)cc3)cc2)cc1. The number of sulfonamides is 2. The fourth-order valence-corrected chi connectivity index (χ4v) is 6.57. The number of hydrogen-bond donors (Lipinski definition) is 2. The smallest absolute Gasteiger partial charge is 0.406 e. The largest absolute Gasteiger partial charge is 0.573 e. The Morgan fingerprint density at radius 2 is 1.31 bits per heavy atom. The van der Waals surface area contributed by atoms with Gasteiger partial charge < -0.3 is 4.74 Å². The molecule has 0 atom stereocenters. The van der Waals surface area contributed by atoms with E-state index in [1.807, 2.05) is 35.1 Å². The molecule has 15 heteroatoms. The van der Waals surface area contributed by atoms with E-state index in [0.717, 1.165) is 46.0 Å². The van der Waals surface area contributed by atoms with Gasteiger partial charge in [-0.15, -0.1) is 24.9 Å². The van der Waals surface area contributed by atoms with E-state index >= 15 is 0 Å². The molecule has 9 nitrogen and oxygen atoms in total. The molecule has 0 bridgehead atoms. The number of nitrogens with two attached hydrogens (primary N) is 1. The third-order valence-corrected chi connectivity index (χ3v) is 9.56. The second-order valence-electron chi connectivity index (χ2n) is 9.71. The molecule has 0 heterocycles. The predicted octanol–water partition coefficient (Wildman–Crippen LogP) is 5.15. The van der Waals surface area contributed by atoms with Crippen molar-refractivity contribution in [2.75, 3.05) is 12.3 Å². The Labute approximate surface area is 263 Å². The summed E-state index contributed by atoms with van der Waals surface area (Å²) in [5.41, 5.74) is 1.46. The van der Waals surface area contributed by atoms with Gasteiger partial charge in [-0.1, -0.05) is 42.5 Å². The first-order valence-corrected chi connectivity index (χ1v) is 17.2. The highest BCUT2D eigenvalue weighted by Gasteiger charge is 2.31. The van der Waals surface area contributed by atoms with Gasteiger partial charge in [0.2, 0.25) is 10.0 Å². The van der Waals surface area contributed by atoms with Gasteiger partial charge in [0.05, 0.1) is 9.79 Å². The van der Waals surface area contributed by atoms with Crippen LogP contribution in [0.2, 0.25) is 0 Å². The van der Waals surface area contributed by atoms with Crippen molar-refractivity contribution in [3.05, 3.63) is 120 Å². The van der Waals surface area contributed by atoms with Gasteiger partial charge in [0.1, 0.15) is 5.75 Å². The molecule has 0 aromatic heterocycles. The zero-order valence-electron chi connectivity index (χ0n) is 23.5. The van der Waals surface area contributed by atoms with E-state index in [2.05, 4.69) is 9.64 Å². The first kappa shape index (κ1) is 34.0. The highest BCUT2D eigenvalue weighted by molar-refractivity contribution is 7.99. The summed E-state index contributed by atoms with van der Waals surface area (Å²) in [5.74, 6) is -0.819. The topological polar surface area (TPSA) is 136 Å². The summed E-state index contributed by atoms with van der Waals surface area (Å²) in [6.45, 7) is 1.56. The number of nitrogens with one attached hydrogen (secondary N) is 1. The van der Waals surface area contributed by atoms with E-state index in [1.54, 1.807) is 36.0 Å². The second-order valence-corrected chi connectivity index (χ2v) is 14.1. The minimum Gasteiger partial charge on any atom is -0.406 e. The van der Waals surface area contributed by atoms with Crippen LogP contribution in [0.15, 0.2) is 118 Å². The third-order valence-electron chi connectivity index (χ3n) is 6.29. The number of alkyl halides is 3. The van der Waals surface area contributed by atoms with Crippen molar-refractivity contribution in [2.45, 2.75) is 34.1 Å². The Bertz CT molecular complexity index is 1800. The van der Waals surface area contributed by atoms with Gasteiger partial charge in [0, 0.05) is 35.8 Å². The first-order valence-electron chi connectivity index (χ1n) is 13.2. The summed E-state index contributed by atoms with van der Waals surface area (Å²) in [5, 5.41) is 5.21. The molecule has 0 saturated heterocycles. The molecule has 238 valence electrons. The molecule has 0 spiro atoms. The van der Waals surface area contributed by atoms with Crippen LogP contribution in [0.1, 0.15) is 21.5 Å². The number of ether oxygens (including phenoxy) is 1. The van der Waals surface area contributed by atoms with Crippen LogP contribution < -0.4 is 14.6 Å². The van der Waals surface area contributed by atoms with E-state index in [9.17, 15) is 34.8 Å². The molecule has 3 N–H and O–H groups in total. The Hall–Kier alpha value is -3.89. The van der Waals surface area contributed by atoms with Crippen molar-refractivity contribution in [3.8, 4) is 5.75 Å². The van der Waals surface area contributed by atoms with E-state index in [4.69, 9.17) is 5.14 Å². The maximum Gasteiger partial charge on any atom is 0.573 e. The average Bonchev–Trinajstić information content (AvgIpc) is 2.97. The second kappa shape index (κ2) is 14.5. The molecule has 4 rings (SSSR count). The van der Waals surface area contributed by atoms with Gasteiger partial charge in [0.25, 0.3) is 15.9 Å². The Morgan fingerprint density at radius 1 is 0.778 bits per heavy atom. The Kier molecular flexibility index (Phi) is 10.9. The number of rotatable bonds is 13. The van der Waals surface area contributed by atoms with Crippen LogP contribution in [0.25, 0.3) is 0 Å². The fraction of sp³-hybridized carbons (Fsp3) is 0.167. The Morgan fingerprint density at radius 3 is 1.82 bits per heavy atom. The normalized spacial score (nSPS) is 12.2. The van der Waals surface area contributed by atoms with Crippen LogP contribution in [0.5, 0.6) is 5.75 Å². The molecule has 4 aromatic carbocycles. The quantitative estimate of drug-likeness (QED) is 0.186. The van der Waals surface area contributed by atoms with Gasteiger partial charge in [0.15, 0.2) is 0 Å². The molecular formula is C30H28F3N3O6S3. The van der Waals surface area contributed by atoms with E-state index in [0.29, 0.717) is 19.6 Å². The molecule has 0 aliphatic carbocycles. The lowest BCUT2D eigenvalue weighted by Crippen LogP contribution is -2.30. The number of amides is 1. The lowest BCUT2D eigenvalue weighted by molar-refractivity contribution is -0.274.